The van der Waals surface area contributed by atoms with Gasteiger partial charge in [0.1, 0.15) is 11.7 Å². The molecule has 0 radical (unpaired) electrons. The molecule has 11 nitrogen and oxygen atoms in total. The van der Waals surface area contributed by atoms with Gasteiger partial charge in [0.2, 0.25) is 0 Å². The van der Waals surface area contributed by atoms with E-state index < -0.39 is 47.7 Å². The van der Waals surface area contributed by atoms with Crippen LogP contribution in [0.15, 0.2) is 36.0 Å². The molecule has 0 spiro atoms. The summed E-state index contributed by atoms with van der Waals surface area (Å²) in [5, 5.41) is 43.4. The fraction of sp³-hybridized carbons (Fsp3) is 0.795. The van der Waals surface area contributed by atoms with Crippen LogP contribution in [0.3, 0.4) is 0 Å². The van der Waals surface area contributed by atoms with Crippen LogP contribution in [0.2, 0.25) is 0 Å². The van der Waals surface area contributed by atoms with Crippen molar-refractivity contribution in [3.63, 3.8) is 0 Å². The van der Waals surface area contributed by atoms with Crippen molar-refractivity contribution in [1.29, 1.82) is 0 Å². The number of hydrogen-bond donors (Lipinski definition) is 4. The lowest BCUT2D eigenvalue weighted by Gasteiger charge is -2.40. The summed E-state index contributed by atoms with van der Waals surface area (Å²) >= 11 is 0. The van der Waals surface area contributed by atoms with Crippen LogP contribution in [-0.4, -0.2) is 122 Å². The number of carbonyl (C=O) groups is 2. The van der Waals surface area contributed by atoms with Gasteiger partial charge in [-0.05, 0) is 90.5 Å². The predicted octanol–water partition coefficient (Wildman–Crippen LogP) is 4.66. The molecule has 4 aliphatic heterocycles. The minimum atomic E-state index is -1.48. The third kappa shape index (κ3) is 11.6. The minimum absolute atomic E-state index is 0.00979. The average molecular weight is 705 g/mol. The van der Waals surface area contributed by atoms with Gasteiger partial charge < -0.3 is 44.4 Å². The highest BCUT2D eigenvalue weighted by Gasteiger charge is 2.47. The van der Waals surface area contributed by atoms with Crippen LogP contribution in [0.25, 0.3) is 0 Å². The fourth-order valence-electron chi connectivity index (χ4n) is 7.68. The number of amides is 1. The highest BCUT2D eigenvalue weighted by molar-refractivity contribution is 5.70. The van der Waals surface area contributed by atoms with Gasteiger partial charge in [0.15, 0.2) is 6.10 Å². The number of carbonyl (C=O) groups excluding carboxylic acids is 2. The number of piperidine rings is 2. The predicted molar refractivity (Wildman–Crippen MR) is 191 cm³/mol. The van der Waals surface area contributed by atoms with Gasteiger partial charge in [0.25, 0.3) is 0 Å². The summed E-state index contributed by atoms with van der Waals surface area (Å²) in [5.41, 5.74) is -1.92. The zero-order valence-corrected chi connectivity index (χ0v) is 31.2. The molecule has 4 rings (SSSR count). The van der Waals surface area contributed by atoms with E-state index >= 15 is 0 Å². The van der Waals surface area contributed by atoms with E-state index in [1.54, 1.807) is 49.1 Å². The quantitative estimate of drug-likeness (QED) is 0.109. The fourth-order valence-corrected chi connectivity index (χ4v) is 7.68. The third-order valence-electron chi connectivity index (χ3n) is 11.2. The molecule has 3 saturated heterocycles. The standard InChI is InChI=1S/C39H64N2O9/c1-7-31(43)28(4)36-32(48-36)25-38(5,46)18-11-12-26(2)35-27(3)13-14-33(39(6,47)19-15-30(42)24-34(44)50-35)49-37(45)41-22-16-29(17-23-41)40-20-9-8-10-21-40/h11-14,18,27-33,35-36,42-43,46-47H,7-10,15-17,19-25H2,1-6H3/b14-13-,18-11+,26-12+. The van der Waals surface area contributed by atoms with Crippen molar-refractivity contribution in [3.8, 4) is 0 Å². The van der Waals surface area contributed by atoms with Crippen LogP contribution in [0.5, 0.6) is 0 Å². The molecule has 0 aromatic carbocycles. The monoisotopic (exact) mass is 704 g/mol. The average Bonchev–Trinajstić information content (AvgIpc) is 3.84. The van der Waals surface area contributed by atoms with Gasteiger partial charge >= 0.3 is 12.1 Å². The molecule has 4 N–H and O–H groups in total. The number of allylic oxidation sites excluding steroid dienone is 2. The Labute approximate surface area is 299 Å². The lowest BCUT2D eigenvalue weighted by Crippen LogP contribution is -2.50. The molecule has 0 aromatic heterocycles. The summed E-state index contributed by atoms with van der Waals surface area (Å²) in [6.45, 7) is 14.4. The first-order valence-corrected chi connectivity index (χ1v) is 19.0. The second-order valence-corrected chi connectivity index (χ2v) is 15.8. The highest BCUT2D eigenvalue weighted by atomic mass is 16.6. The van der Waals surface area contributed by atoms with Gasteiger partial charge in [-0.15, -0.1) is 0 Å². The maximum absolute atomic E-state index is 13.4. The summed E-state index contributed by atoms with van der Waals surface area (Å²) in [4.78, 5) is 30.6. The first-order valence-electron chi connectivity index (χ1n) is 19.0. The Hall–Kier alpha value is -2.28. The number of rotatable bonds is 10. The largest absolute Gasteiger partial charge is 0.457 e. The second-order valence-electron chi connectivity index (χ2n) is 15.8. The molecule has 50 heavy (non-hydrogen) atoms. The molecule has 1 amide bonds. The highest BCUT2D eigenvalue weighted by Crippen LogP contribution is 2.37. The molecular formula is C39H64N2O9. The van der Waals surface area contributed by atoms with Gasteiger partial charge in [0.05, 0.1) is 36.4 Å². The maximum atomic E-state index is 13.4. The van der Waals surface area contributed by atoms with Crippen molar-refractivity contribution >= 4 is 12.1 Å². The molecule has 4 heterocycles. The summed E-state index contributed by atoms with van der Waals surface area (Å²) < 4.78 is 17.6. The van der Waals surface area contributed by atoms with Crippen molar-refractivity contribution in [1.82, 2.24) is 9.80 Å². The van der Waals surface area contributed by atoms with E-state index in [1.165, 1.54) is 19.3 Å². The number of esters is 1. The molecule has 0 bridgehead atoms. The molecule has 11 heteroatoms. The summed E-state index contributed by atoms with van der Waals surface area (Å²) in [6.07, 6.45) is 11.4. The van der Waals surface area contributed by atoms with Crippen LogP contribution in [0.4, 0.5) is 4.79 Å². The molecule has 10 atom stereocenters. The second kappa shape index (κ2) is 18.0. The molecule has 3 fully saturated rings. The number of ether oxygens (including phenoxy) is 3. The van der Waals surface area contributed by atoms with Gasteiger partial charge in [-0.2, -0.15) is 0 Å². The number of epoxide rings is 1. The normalized spacial score (nSPS) is 35.7. The van der Waals surface area contributed by atoms with E-state index in [4.69, 9.17) is 14.2 Å². The van der Waals surface area contributed by atoms with Crippen molar-refractivity contribution in [2.24, 2.45) is 11.8 Å². The van der Waals surface area contributed by atoms with Crippen LogP contribution in [-0.2, 0) is 19.0 Å². The lowest BCUT2D eigenvalue weighted by molar-refractivity contribution is -0.151. The van der Waals surface area contributed by atoms with Crippen molar-refractivity contribution in [3.05, 3.63) is 36.0 Å². The molecule has 0 aliphatic carbocycles. The van der Waals surface area contributed by atoms with Crippen molar-refractivity contribution < 1.29 is 44.2 Å². The molecule has 284 valence electrons. The molecule has 0 saturated carbocycles. The first kappa shape index (κ1) is 40.5. The molecule has 10 unspecified atom stereocenters. The zero-order chi connectivity index (χ0) is 36.6. The zero-order valence-electron chi connectivity index (χ0n) is 31.2. The number of cyclic esters (lactones) is 1. The number of aliphatic hydroxyl groups is 4. The van der Waals surface area contributed by atoms with Gasteiger partial charge in [0, 0.05) is 37.4 Å². The number of likely N-dealkylation sites (tertiary alicyclic amines) is 2. The van der Waals surface area contributed by atoms with E-state index in [-0.39, 0.29) is 43.3 Å². The summed E-state index contributed by atoms with van der Waals surface area (Å²) in [7, 11) is 0. The van der Waals surface area contributed by atoms with E-state index in [0.29, 0.717) is 37.5 Å². The Morgan fingerprint density at radius 2 is 1.84 bits per heavy atom. The Bertz CT molecular complexity index is 1200. The van der Waals surface area contributed by atoms with E-state index in [0.717, 1.165) is 25.9 Å². The number of hydrogen-bond acceptors (Lipinski definition) is 10. The van der Waals surface area contributed by atoms with Gasteiger partial charge in [-0.3, -0.25) is 4.79 Å². The first-order chi connectivity index (χ1) is 23.6. The lowest BCUT2D eigenvalue weighted by atomic mass is 9.88. The van der Waals surface area contributed by atoms with Crippen LogP contribution >= 0.6 is 0 Å². The Morgan fingerprint density at radius 3 is 2.50 bits per heavy atom. The molecule has 4 aliphatic rings. The summed E-state index contributed by atoms with van der Waals surface area (Å²) in [6, 6.07) is 0.483. The van der Waals surface area contributed by atoms with Crippen LogP contribution in [0.1, 0.15) is 106 Å². The van der Waals surface area contributed by atoms with Crippen LogP contribution < -0.4 is 0 Å². The molecular weight excluding hydrogens is 640 g/mol. The topological polar surface area (TPSA) is 153 Å². The summed E-state index contributed by atoms with van der Waals surface area (Å²) in [5.74, 6) is -0.933. The molecule has 0 aromatic rings. The van der Waals surface area contributed by atoms with Crippen LogP contribution in [0, 0.1) is 11.8 Å². The third-order valence-corrected chi connectivity index (χ3v) is 11.2. The SMILES string of the molecule is CCC(O)C(C)C1OC1CC(C)(O)/C=C/C=C(\C)C1OC(=O)CC(O)CCC(C)(O)C(OC(=O)N2CCC(N3CCCCC3)CC2)/C=C\C1C. The van der Waals surface area contributed by atoms with E-state index in [9.17, 15) is 30.0 Å². The Morgan fingerprint density at radius 1 is 1.16 bits per heavy atom. The Balaban J connectivity index is 1.42. The number of nitrogens with zero attached hydrogens (tertiary/aromatic N) is 2. The smallest absolute Gasteiger partial charge is 0.410 e. The van der Waals surface area contributed by atoms with E-state index in [2.05, 4.69) is 4.90 Å². The number of aliphatic hydroxyl groups excluding tert-OH is 2. The maximum Gasteiger partial charge on any atom is 0.410 e. The minimum Gasteiger partial charge on any atom is -0.457 e. The van der Waals surface area contributed by atoms with Gasteiger partial charge in [-0.25, -0.2) is 4.79 Å². The van der Waals surface area contributed by atoms with Gasteiger partial charge in [-0.1, -0.05) is 51.5 Å². The van der Waals surface area contributed by atoms with E-state index in [1.807, 2.05) is 27.7 Å². The van der Waals surface area contributed by atoms with Crippen molar-refractivity contribution in [2.45, 2.75) is 160 Å². The Kier molecular flexibility index (Phi) is 14.6. The van der Waals surface area contributed by atoms with Crippen molar-refractivity contribution in [2.75, 3.05) is 26.2 Å².